The molecule has 2 aromatic rings. The highest BCUT2D eigenvalue weighted by molar-refractivity contribution is 7.14. The molecule has 1 atom stereocenters. The summed E-state index contributed by atoms with van der Waals surface area (Å²) in [6, 6.07) is 8.78. The van der Waals surface area contributed by atoms with Gasteiger partial charge in [0.25, 0.3) is 0 Å². The third-order valence-electron chi connectivity index (χ3n) is 8.73. The Morgan fingerprint density at radius 1 is 1.03 bits per heavy atom. The lowest BCUT2D eigenvalue weighted by molar-refractivity contribution is -0.146. The summed E-state index contributed by atoms with van der Waals surface area (Å²) < 4.78 is 11.0. The number of ether oxygens (including phenoxy) is 2. The van der Waals surface area contributed by atoms with Crippen molar-refractivity contribution < 1.29 is 14.3 Å². The molecule has 1 aromatic heterocycles. The van der Waals surface area contributed by atoms with Crippen molar-refractivity contribution in [2.45, 2.75) is 89.6 Å². The van der Waals surface area contributed by atoms with E-state index < -0.39 is 0 Å². The number of carbonyl (C=O) groups excluding carboxylic acids is 1. The Balaban J connectivity index is 1.35. The number of esters is 1. The molecule has 1 heterocycles. The predicted molar refractivity (Wildman–Crippen MR) is 147 cm³/mol. The fourth-order valence-electron chi connectivity index (χ4n) is 6.09. The molecule has 2 saturated carbocycles. The van der Waals surface area contributed by atoms with Gasteiger partial charge in [0.1, 0.15) is 10.0 Å². The lowest BCUT2D eigenvalue weighted by atomic mass is 9.76. The van der Waals surface area contributed by atoms with Gasteiger partial charge < -0.3 is 14.4 Å². The second-order valence-corrected chi connectivity index (χ2v) is 11.8. The lowest BCUT2D eigenvalue weighted by Crippen LogP contribution is -2.41. The van der Waals surface area contributed by atoms with Crippen LogP contribution in [0.15, 0.2) is 24.3 Å². The standard InChI is InChI=1S/C29H43N3O3S/c1-5-32(20-19-29(2,35-4)24-9-7-6-8-10-24)25-17-15-22(16-18-25)27-31-30-26(36-27)21-11-13-23(14-12-21)28(33)34-3/h15-18,21,23-24H,5-14,19-20H2,1-4H3. The van der Waals surface area contributed by atoms with Crippen molar-refractivity contribution in [1.29, 1.82) is 0 Å². The van der Waals surface area contributed by atoms with Crippen LogP contribution in [-0.2, 0) is 14.3 Å². The van der Waals surface area contributed by atoms with E-state index in [0.29, 0.717) is 11.8 Å². The molecule has 0 N–H and O–H groups in total. The first-order valence-electron chi connectivity index (χ1n) is 13.8. The Labute approximate surface area is 220 Å². The first kappa shape index (κ1) is 27.1. The molecule has 36 heavy (non-hydrogen) atoms. The number of methoxy groups -OCH3 is 2. The van der Waals surface area contributed by atoms with Crippen LogP contribution in [-0.4, -0.2) is 49.1 Å². The van der Waals surface area contributed by atoms with Crippen molar-refractivity contribution >= 4 is 23.0 Å². The molecule has 0 radical (unpaired) electrons. The zero-order valence-corrected chi connectivity index (χ0v) is 23.3. The summed E-state index contributed by atoms with van der Waals surface area (Å²) in [5.41, 5.74) is 2.31. The monoisotopic (exact) mass is 513 g/mol. The van der Waals surface area contributed by atoms with E-state index >= 15 is 0 Å². The van der Waals surface area contributed by atoms with Crippen LogP contribution in [0.5, 0.6) is 0 Å². The van der Waals surface area contributed by atoms with Gasteiger partial charge in [-0.05, 0) is 89.0 Å². The molecule has 1 unspecified atom stereocenters. The van der Waals surface area contributed by atoms with Crippen LogP contribution in [0.4, 0.5) is 5.69 Å². The number of nitrogens with zero attached hydrogens (tertiary/aromatic N) is 3. The minimum absolute atomic E-state index is 0.0390. The number of aromatic nitrogens is 2. The van der Waals surface area contributed by atoms with Crippen molar-refractivity contribution in [1.82, 2.24) is 10.2 Å². The normalized spacial score (nSPS) is 22.7. The van der Waals surface area contributed by atoms with Gasteiger partial charge in [-0.3, -0.25) is 4.79 Å². The summed E-state index contributed by atoms with van der Waals surface area (Å²) in [4.78, 5) is 14.3. The zero-order chi connectivity index (χ0) is 25.5. The summed E-state index contributed by atoms with van der Waals surface area (Å²) in [7, 11) is 3.37. The first-order chi connectivity index (χ1) is 17.5. The molecule has 0 bridgehead atoms. The second kappa shape index (κ2) is 12.5. The maximum Gasteiger partial charge on any atom is 0.308 e. The second-order valence-electron chi connectivity index (χ2n) is 10.7. The molecule has 1 aromatic carbocycles. The quantitative estimate of drug-likeness (QED) is 0.324. The number of anilines is 1. The predicted octanol–water partition coefficient (Wildman–Crippen LogP) is 6.85. The zero-order valence-electron chi connectivity index (χ0n) is 22.5. The van der Waals surface area contributed by atoms with Crippen LogP contribution >= 0.6 is 11.3 Å². The van der Waals surface area contributed by atoms with Gasteiger partial charge in [-0.15, -0.1) is 10.2 Å². The number of rotatable bonds is 10. The number of hydrogen-bond acceptors (Lipinski definition) is 7. The van der Waals surface area contributed by atoms with Crippen LogP contribution in [0, 0.1) is 11.8 Å². The van der Waals surface area contributed by atoms with Crippen LogP contribution in [0.3, 0.4) is 0 Å². The van der Waals surface area contributed by atoms with Crippen LogP contribution in [0.25, 0.3) is 10.6 Å². The van der Waals surface area contributed by atoms with Gasteiger partial charge in [0.15, 0.2) is 0 Å². The summed E-state index contributed by atoms with van der Waals surface area (Å²) in [6.07, 6.45) is 11.4. The SMILES string of the molecule is CCN(CCC(C)(OC)C1CCCCC1)c1ccc(-c2nnc(C3CCC(C(=O)OC)CC3)s2)cc1. The molecule has 2 fully saturated rings. The molecule has 0 aliphatic heterocycles. The van der Waals surface area contributed by atoms with E-state index in [1.165, 1.54) is 44.9 Å². The molecule has 4 rings (SSSR count). The van der Waals surface area contributed by atoms with E-state index in [0.717, 1.165) is 60.8 Å². The molecule has 0 spiro atoms. The van der Waals surface area contributed by atoms with Gasteiger partial charge in [0.2, 0.25) is 0 Å². The largest absolute Gasteiger partial charge is 0.469 e. The van der Waals surface area contributed by atoms with Crippen molar-refractivity contribution in [3.05, 3.63) is 29.3 Å². The molecule has 0 amide bonds. The summed E-state index contributed by atoms with van der Waals surface area (Å²) >= 11 is 1.69. The highest BCUT2D eigenvalue weighted by Crippen LogP contribution is 2.40. The Morgan fingerprint density at radius 2 is 1.72 bits per heavy atom. The van der Waals surface area contributed by atoms with E-state index in [9.17, 15) is 4.79 Å². The number of benzene rings is 1. The Morgan fingerprint density at radius 3 is 2.33 bits per heavy atom. The molecule has 2 aliphatic carbocycles. The Hall–Kier alpha value is -1.99. The minimum Gasteiger partial charge on any atom is -0.469 e. The minimum atomic E-state index is -0.0755. The lowest BCUT2D eigenvalue weighted by Gasteiger charge is -2.40. The average Bonchev–Trinajstić information content (AvgIpc) is 3.44. The van der Waals surface area contributed by atoms with E-state index in [-0.39, 0.29) is 17.5 Å². The van der Waals surface area contributed by atoms with Gasteiger partial charge in [0.05, 0.1) is 18.6 Å². The molecule has 2 aliphatic rings. The fourth-order valence-corrected chi connectivity index (χ4v) is 7.10. The Kier molecular flexibility index (Phi) is 9.40. The molecular weight excluding hydrogens is 470 g/mol. The summed E-state index contributed by atoms with van der Waals surface area (Å²) in [6.45, 7) is 6.51. The molecule has 7 heteroatoms. The van der Waals surface area contributed by atoms with Crippen LogP contribution in [0.2, 0.25) is 0 Å². The maximum atomic E-state index is 11.8. The molecule has 198 valence electrons. The third kappa shape index (κ3) is 6.28. The van der Waals surface area contributed by atoms with E-state index in [4.69, 9.17) is 9.47 Å². The highest BCUT2D eigenvalue weighted by Gasteiger charge is 2.35. The fraction of sp³-hybridized carbons (Fsp3) is 0.690. The summed E-state index contributed by atoms with van der Waals surface area (Å²) in [5.74, 6) is 1.02. The van der Waals surface area contributed by atoms with Crippen LogP contribution < -0.4 is 4.90 Å². The third-order valence-corrected chi connectivity index (χ3v) is 9.86. The van der Waals surface area contributed by atoms with Crippen molar-refractivity contribution in [3.63, 3.8) is 0 Å². The highest BCUT2D eigenvalue weighted by atomic mass is 32.1. The van der Waals surface area contributed by atoms with Crippen molar-refractivity contribution in [2.24, 2.45) is 11.8 Å². The van der Waals surface area contributed by atoms with Gasteiger partial charge in [-0.2, -0.15) is 0 Å². The van der Waals surface area contributed by atoms with Gasteiger partial charge in [-0.25, -0.2) is 0 Å². The van der Waals surface area contributed by atoms with E-state index in [1.807, 2.05) is 7.11 Å². The average molecular weight is 514 g/mol. The van der Waals surface area contributed by atoms with Crippen molar-refractivity contribution in [3.8, 4) is 10.6 Å². The van der Waals surface area contributed by atoms with E-state index in [2.05, 4.69) is 53.2 Å². The molecule has 6 nitrogen and oxygen atoms in total. The smallest absolute Gasteiger partial charge is 0.308 e. The number of carbonyl (C=O) groups is 1. The maximum absolute atomic E-state index is 11.8. The van der Waals surface area contributed by atoms with E-state index in [1.54, 1.807) is 11.3 Å². The van der Waals surface area contributed by atoms with Gasteiger partial charge in [-0.1, -0.05) is 30.6 Å². The van der Waals surface area contributed by atoms with Gasteiger partial charge >= 0.3 is 5.97 Å². The molecular formula is C29H43N3O3S. The topological polar surface area (TPSA) is 64.5 Å². The molecule has 0 saturated heterocycles. The first-order valence-corrected chi connectivity index (χ1v) is 14.6. The Bertz CT molecular complexity index is 964. The van der Waals surface area contributed by atoms with Gasteiger partial charge in [0, 0.05) is 37.4 Å². The summed E-state index contributed by atoms with van der Waals surface area (Å²) in [5, 5.41) is 11.1. The van der Waals surface area contributed by atoms with Crippen LogP contribution in [0.1, 0.15) is 89.0 Å². The van der Waals surface area contributed by atoms with Crippen molar-refractivity contribution in [2.75, 3.05) is 32.2 Å². The number of hydrogen-bond donors (Lipinski definition) is 0.